The number of tetrazole rings is 1. The van der Waals surface area contributed by atoms with Crippen molar-refractivity contribution in [3.05, 3.63) is 18.2 Å². The molecule has 0 atom stereocenters. The van der Waals surface area contributed by atoms with Crippen molar-refractivity contribution in [2.24, 2.45) is 0 Å². The van der Waals surface area contributed by atoms with Gasteiger partial charge in [0.05, 0.1) is 0 Å². The minimum Gasteiger partial charge on any atom is -0.370 e. The lowest BCUT2D eigenvalue weighted by molar-refractivity contribution is 0.801. The van der Waals surface area contributed by atoms with E-state index in [1.807, 2.05) is 13.1 Å². The van der Waals surface area contributed by atoms with Gasteiger partial charge in [-0.15, -0.1) is 10.2 Å². The molecule has 2 rings (SSSR count). The molecular weight excluding hydrogens is 244 g/mol. The van der Waals surface area contributed by atoms with Gasteiger partial charge in [-0.05, 0) is 13.3 Å². The molecule has 0 bridgehead atoms. The van der Waals surface area contributed by atoms with Crippen LogP contribution in [-0.4, -0.2) is 50.7 Å². The number of anilines is 2. The van der Waals surface area contributed by atoms with Crippen molar-refractivity contribution in [1.29, 1.82) is 0 Å². The summed E-state index contributed by atoms with van der Waals surface area (Å²) in [6, 6.07) is 1.94. The van der Waals surface area contributed by atoms with Crippen molar-refractivity contribution in [3.8, 4) is 0 Å². The highest BCUT2D eigenvalue weighted by molar-refractivity contribution is 5.47. The van der Waals surface area contributed by atoms with Gasteiger partial charge in [0.15, 0.2) is 5.82 Å². The fourth-order valence-electron chi connectivity index (χ4n) is 1.57. The van der Waals surface area contributed by atoms with Crippen LogP contribution < -0.4 is 10.2 Å². The van der Waals surface area contributed by atoms with E-state index in [-0.39, 0.29) is 0 Å². The Hall–Kier alpha value is -2.25. The Labute approximate surface area is 111 Å². The van der Waals surface area contributed by atoms with Crippen LogP contribution in [0.15, 0.2) is 12.4 Å². The summed E-state index contributed by atoms with van der Waals surface area (Å²) in [6.07, 6.45) is 3.28. The van der Waals surface area contributed by atoms with Crippen LogP contribution in [0.1, 0.15) is 19.2 Å². The second-order valence-corrected chi connectivity index (χ2v) is 4.13. The second kappa shape index (κ2) is 6.62. The summed E-state index contributed by atoms with van der Waals surface area (Å²) in [5.74, 6) is 2.48. The summed E-state index contributed by atoms with van der Waals surface area (Å²) in [7, 11) is 2.00. The number of hydrogen-bond donors (Lipinski definition) is 2. The van der Waals surface area contributed by atoms with E-state index in [0.717, 1.165) is 43.4 Å². The van der Waals surface area contributed by atoms with Crippen LogP contribution in [0, 0.1) is 0 Å². The molecule has 2 N–H and O–H groups in total. The van der Waals surface area contributed by atoms with E-state index in [1.165, 1.54) is 0 Å². The summed E-state index contributed by atoms with van der Waals surface area (Å²) in [5.41, 5.74) is 0. The molecule has 0 amide bonds. The first-order chi connectivity index (χ1) is 9.29. The van der Waals surface area contributed by atoms with Gasteiger partial charge in [0.2, 0.25) is 0 Å². The van der Waals surface area contributed by atoms with Crippen LogP contribution in [0.4, 0.5) is 11.6 Å². The SMILES string of the molecule is CCN(C)c1cc(NCCCc2nn[nH]n2)ncn1. The number of nitrogens with one attached hydrogen (secondary N) is 2. The Balaban J connectivity index is 1.79. The standard InChI is InChI=1S/C11H18N8/c1-3-19(2)11-7-10(13-8-14-11)12-6-4-5-9-15-17-18-16-9/h7-8H,3-6H2,1-2H3,(H,12,13,14)(H,15,16,17,18). The summed E-state index contributed by atoms with van der Waals surface area (Å²) < 4.78 is 0. The third kappa shape index (κ3) is 3.87. The first kappa shape index (κ1) is 13.2. The van der Waals surface area contributed by atoms with E-state index in [9.17, 15) is 0 Å². The van der Waals surface area contributed by atoms with Crippen LogP contribution in [0.2, 0.25) is 0 Å². The van der Waals surface area contributed by atoms with Crippen molar-refractivity contribution in [2.75, 3.05) is 30.4 Å². The van der Waals surface area contributed by atoms with Gasteiger partial charge in [-0.2, -0.15) is 5.21 Å². The van der Waals surface area contributed by atoms with Crippen LogP contribution in [0.5, 0.6) is 0 Å². The van der Waals surface area contributed by atoms with E-state index >= 15 is 0 Å². The fourth-order valence-corrected chi connectivity index (χ4v) is 1.57. The Morgan fingerprint density at radius 3 is 3.00 bits per heavy atom. The molecule has 0 saturated carbocycles. The highest BCUT2D eigenvalue weighted by Crippen LogP contribution is 2.12. The van der Waals surface area contributed by atoms with E-state index < -0.39 is 0 Å². The first-order valence-electron chi connectivity index (χ1n) is 6.29. The van der Waals surface area contributed by atoms with E-state index in [0.29, 0.717) is 0 Å². The molecule has 2 aromatic heterocycles. The van der Waals surface area contributed by atoms with Crippen LogP contribution in [0.3, 0.4) is 0 Å². The average Bonchev–Trinajstić information content (AvgIpc) is 2.96. The lowest BCUT2D eigenvalue weighted by Crippen LogP contribution is -2.17. The number of hydrogen-bond acceptors (Lipinski definition) is 7. The molecule has 0 saturated heterocycles. The molecule has 0 aliphatic carbocycles. The largest absolute Gasteiger partial charge is 0.370 e. The lowest BCUT2D eigenvalue weighted by atomic mass is 10.3. The summed E-state index contributed by atoms with van der Waals surface area (Å²) >= 11 is 0. The predicted molar refractivity (Wildman–Crippen MR) is 72.0 cm³/mol. The molecule has 102 valence electrons. The minimum absolute atomic E-state index is 0.732. The van der Waals surface area contributed by atoms with Crippen molar-refractivity contribution < 1.29 is 0 Å². The Morgan fingerprint density at radius 2 is 2.26 bits per heavy atom. The van der Waals surface area contributed by atoms with Crippen molar-refractivity contribution in [2.45, 2.75) is 19.8 Å². The highest BCUT2D eigenvalue weighted by atomic mass is 15.5. The molecule has 8 nitrogen and oxygen atoms in total. The predicted octanol–water partition coefficient (Wildman–Crippen LogP) is 0.490. The summed E-state index contributed by atoms with van der Waals surface area (Å²) in [4.78, 5) is 10.5. The monoisotopic (exact) mass is 262 g/mol. The number of aromatic nitrogens is 6. The van der Waals surface area contributed by atoms with Gasteiger partial charge < -0.3 is 10.2 Å². The van der Waals surface area contributed by atoms with Gasteiger partial charge in [0.25, 0.3) is 0 Å². The zero-order valence-electron chi connectivity index (χ0n) is 11.2. The van der Waals surface area contributed by atoms with Gasteiger partial charge >= 0.3 is 0 Å². The number of H-pyrrole nitrogens is 1. The maximum Gasteiger partial charge on any atom is 0.174 e. The molecule has 0 spiro atoms. The topological polar surface area (TPSA) is 95.5 Å². The molecule has 0 radical (unpaired) electrons. The van der Waals surface area contributed by atoms with Crippen LogP contribution in [-0.2, 0) is 6.42 Å². The van der Waals surface area contributed by atoms with E-state index in [1.54, 1.807) is 6.33 Å². The van der Waals surface area contributed by atoms with Crippen molar-refractivity contribution in [1.82, 2.24) is 30.6 Å². The zero-order valence-corrected chi connectivity index (χ0v) is 11.2. The van der Waals surface area contributed by atoms with Gasteiger partial charge in [-0.1, -0.05) is 5.21 Å². The third-order valence-corrected chi connectivity index (χ3v) is 2.79. The zero-order chi connectivity index (χ0) is 13.5. The summed E-state index contributed by atoms with van der Waals surface area (Å²) in [6.45, 7) is 3.80. The van der Waals surface area contributed by atoms with Gasteiger partial charge in [0, 0.05) is 32.6 Å². The Morgan fingerprint density at radius 1 is 1.37 bits per heavy atom. The Kier molecular flexibility index (Phi) is 4.60. The maximum absolute atomic E-state index is 4.22. The molecule has 0 aliphatic rings. The number of aryl methyl sites for hydroxylation is 1. The fraction of sp³-hybridized carbons (Fsp3) is 0.545. The highest BCUT2D eigenvalue weighted by Gasteiger charge is 2.02. The maximum atomic E-state index is 4.22. The summed E-state index contributed by atoms with van der Waals surface area (Å²) in [5, 5.41) is 17.0. The van der Waals surface area contributed by atoms with Gasteiger partial charge in [0.1, 0.15) is 18.0 Å². The second-order valence-electron chi connectivity index (χ2n) is 4.13. The number of aromatic amines is 1. The van der Waals surface area contributed by atoms with Gasteiger partial charge in [-0.3, -0.25) is 0 Å². The Bertz CT molecular complexity index is 483. The average molecular weight is 262 g/mol. The molecule has 0 unspecified atom stereocenters. The number of rotatable bonds is 7. The molecule has 2 heterocycles. The van der Waals surface area contributed by atoms with E-state index in [4.69, 9.17) is 0 Å². The van der Waals surface area contributed by atoms with Crippen LogP contribution in [0.25, 0.3) is 0 Å². The van der Waals surface area contributed by atoms with Crippen molar-refractivity contribution >= 4 is 11.6 Å². The number of nitrogens with zero attached hydrogens (tertiary/aromatic N) is 6. The van der Waals surface area contributed by atoms with Gasteiger partial charge in [-0.25, -0.2) is 9.97 Å². The van der Waals surface area contributed by atoms with Crippen molar-refractivity contribution in [3.63, 3.8) is 0 Å². The molecular formula is C11H18N8. The lowest BCUT2D eigenvalue weighted by Gasteiger charge is -2.15. The minimum atomic E-state index is 0.732. The molecule has 8 heteroatoms. The third-order valence-electron chi connectivity index (χ3n) is 2.79. The normalized spacial score (nSPS) is 10.4. The molecule has 0 aliphatic heterocycles. The van der Waals surface area contributed by atoms with E-state index in [2.05, 4.69) is 47.7 Å². The molecule has 2 aromatic rings. The molecule has 0 aromatic carbocycles. The quantitative estimate of drug-likeness (QED) is 0.701. The smallest absolute Gasteiger partial charge is 0.174 e. The molecule has 19 heavy (non-hydrogen) atoms. The van der Waals surface area contributed by atoms with Crippen LogP contribution >= 0.6 is 0 Å². The molecule has 0 fully saturated rings. The first-order valence-corrected chi connectivity index (χ1v) is 6.29.